The van der Waals surface area contributed by atoms with E-state index < -0.39 is 23.3 Å². The fourth-order valence-electron chi connectivity index (χ4n) is 1.33. The van der Waals surface area contributed by atoms with E-state index in [4.69, 9.17) is 16.7 Å². The molecule has 0 atom stereocenters. The fraction of sp³-hybridized carbons (Fsp3) is 0. The van der Waals surface area contributed by atoms with E-state index in [1.165, 1.54) is 6.07 Å². The SMILES string of the molecule is O=C(O)c1cc2c(F)c(F)ccc2c(Cl)n1. The first kappa shape index (κ1) is 10.8. The van der Waals surface area contributed by atoms with Gasteiger partial charge in [0.25, 0.3) is 0 Å². The molecule has 0 bridgehead atoms. The predicted octanol–water partition coefficient (Wildman–Crippen LogP) is 2.86. The number of aromatic nitrogens is 1. The summed E-state index contributed by atoms with van der Waals surface area (Å²) in [6.07, 6.45) is 0. The molecule has 16 heavy (non-hydrogen) atoms. The number of hydrogen-bond donors (Lipinski definition) is 1. The topological polar surface area (TPSA) is 50.2 Å². The largest absolute Gasteiger partial charge is 0.477 e. The average molecular weight is 244 g/mol. The van der Waals surface area contributed by atoms with E-state index in [2.05, 4.69) is 4.98 Å². The van der Waals surface area contributed by atoms with Gasteiger partial charge < -0.3 is 5.11 Å². The van der Waals surface area contributed by atoms with E-state index >= 15 is 0 Å². The minimum Gasteiger partial charge on any atom is -0.477 e. The second-order valence-electron chi connectivity index (χ2n) is 3.06. The summed E-state index contributed by atoms with van der Waals surface area (Å²) < 4.78 is 26.3. The van der Waals surface area contributed by atoms with Crippen LogP contribution in [0, 0.1) is 11.6 Å². The van der Waals surface area contributed by atoms with E-state index in [9.17, 15) is 13.6 Å². The molecule has 1 heterocycles. The molecule has 1 N–H and O–H groups in total. The zero-order valence-corrected chi connectivity index (χ0v) is 8.42. The van der Waals surface area contributed by atoms with Crippen molar-refractivity contribution in [1.29, 1.82) is 0 Å². The van der Waals surface area contributed by atoms with E-state index in [1.807, 2.05) is 0 Å². The predicted molar refractivity (Wildman–Crippen MR) is 53.6 cm³/mol. The minimum absolute atomic E-state index is 0.172. The molecule has 0 saturated carbocycles. The lowest BCUT2D eigenvalue weighted by Gasteiger charge is -2.03. The molecule has 0 unspecified atom stereocenters. The van der Waals surface area contributed by atoms with E-state index in [1.54, 1.807) is 0 Å². The molecule has 0 saturated heterocycles. The quantitative estimate of drug-likeness (QED) is 0.784. The van der Waals surface area contributed by atoms with Crippen LogP contribution >= 0.6 is 11.6 Å². The molecular formula is C10H4ClF2NO2. The van der Waals surface area contributed by atoms with Crippen molar-refractivity contribution in [2.45, 2.75) is 0 Å². The molecule has 0 amide bonds. The molecule has 0 aliphatic heterocycles. The van der Waals surface area contributed by atoms with Gasteiger partial charge in [-0.15, -0.1) is 0 Å². The van der Waals surface area contributed by atoms with E-state index in [0.717, 1.165) is 12.1 Å². The van der Waals surface area contributed by atoms with Gasteiger partial charge in [-0.1, -0.05) is 11.6 Å². The number of pyridine rings is 1. The van der Waals surface area contributed by atoms with Gasteiger partial charge in [0, 0.05) is 10.8 Å². The lowest BCUT2D eigenvalue weighted by Crippen LogP contribution is -2.01. The molecule has 1 aromatic carbocycles. The Morgan fingerprint density at radius 1 is 1.31 bits per heavy atom. The number of carbonyl (C=O) groups is 1. The van der Waals surface area contributed by atoms with Crippen LogP contribution in [0.15, 0.2) is 18.2 Å². The van der Waals surface area contributed by atoms with Crippen molar-refractivity contribution in [3.63, 3.8) is 0 Å². The molecule has 0 aliphatic rings. The smallest absolute Gasteiger partial charge is 0.354 e. The van der Waals surface area contributed by atoms with Crippen molar-refractivity contribution in [2.75, 3.05) is 0 Å². The Kier molecular flexibility index (Phi) is 2.47. The highest BCUT2D eigenvalue weighted by Crippen LogP contribution is 2.26. The van der Waals surface area contributed by atoms with Crippen LogP contribution < -0.4 is 0 Å². The zero-order chi connectivity index (χ0) is 11.9. The van der Waals surface area contributed by atoms with Crippen molar-refractivity contribution in [3.05, 3.63) is 40.7 Å². The highest BCUT2D eigenvalue weighted by Gasteiger charge is 2.14. The van der Waals surface area contributed by atoms with Crippen molar-refractivity contribution in [2.24, 2.45) is 0 Å². The molecule has 6 heteroatoms. The Balaban J connectivity index is 2.88. The normalized spacial score (nSPS) is 10.7. The third kappa shape index (κ3) is 1.59. The number of halogens is 3. The van der Waals surface area contributed by atoms with Crippen LogP contribution in [-0.4, -0.2) is 16.1 Å². The number of aromatic carboxylic acids is 1. The Morgan fingerprint density at radius 3 is 2.62 bits per heavy atom. The lowest BCUT2D eigenvalue weighted by atomic mass is 10.1. The summed E-state index contributed by atoms with van der Waals surface area (Å²) >= 11 is 5.67. The maximum Gasteiger partial charge on any atom is 0.354 e. The Labute approximate surface area is 93.3 Å². The van der Waals surface area contributed by atoms with Crippen LogP contribution in [0.1, 0.15) is 10.5 Å². The summed E-state index contributed by atoms with van der Waals surface area (Å²) in [4.78, 5) is 14.2. The van der Waals surface area contributed by atoms with Gasteiger partial charge in [-0.2, -0.15) is 0 Å². The Hall–Kier alpha value is -1.75. The third-order valence-electron chi connectivity index (χ3n) is 2.07. The highest BCUT2D eigenvalue weighted by atomic mass is 35.5. The summed E-state index contributed by atoms with van der Waals surface area (Å²) in [5.74, 6) is -3.55. The second-order valence-corrected chi connectivity index (χ2v) is 3.42. The molecule has 0 aliphatic carbocycles. The maximum absolute atomic E-state index is 13.4. The number of rotatable bonds is 1. The first-order chi connectivity index (χ1) is 7.50. The number of carboxylic acids is 1. The number of benzene rings is 1. The Morgan fingerprint density at radius 2 is 2.00 bits per heavy atom. The van der Waals surface area contributed by atoms with Crippen LogP contribution in [-0.2, 0) is 0 Å². The van der Waals surface area contributed by atoms with Crippen molar-refractivity contribution < 1.29 is 18.7 Å². The van der Waals surface area contributed by atoms with Crippen LogP contribution in [0.25, 0.3) is 10.8 Å². The van der Waals surface area contributed by atoms with Gasteiger partial charge in [-0.25, -0.2) is 18.6 Å². The summed E-state index contributed by atoms with van der Waals surface area (Å²) in [7, 11) is 0. The molecule has 2 aromatic rings. The maximum atomic E-state index is 13.4. The fourth-order valence-corrected chi connectivity index (χ4v) is 1.59. The number of nitrogens with zero attached hydrogens (tertiary/aromatic N) is 1. The average Bonchev–Trinajstić information content (AvgIpc) is 2.23. The summed E-state index contributed by atoms with van der Waals surface area (Å²) in [6.45, 7) is 0. The van der Waals surface area contributed by atoms with Crippen molar-refractivity contribution in [3.8, 4) is 0 Å². The molecule has 82 valence electrons. The monoisotopic (exact) mass is 243 g/mol. The molecule has 3 nitrogen and oxygen atoms in total. The van der Waals surface area contributed by atoms with Gasteiger partial charge in [0.2, 0.25) is 0 Å². The number of fused-ring (bicyclic) bond motifs is 1. The molecule has 0 radical (unpaired) electrons. The first-order valence-electron chi connectivity index (χ1n) is 4.18. The van der Waals surface area contributed by atoms with Crippen LogP contribution in [0.4, 0.5) is 8.78 Å². The van der Waals surface area contributed by atoms with Gasteiger partial charge in [-0.3, -0.25) is 0 Å². The third-order valence-corrected chi connectivity index (χ3v) is 2.36. The highest BCUT2D eigenvalue weighted by molar-refractivity contribution is 6.34. The van der Waals surface area contributed by atoms with E-state index in [-0.39, 0.29) is 15.9 Å². The molecule has 0 fully saturated rings. The van der Waals surface area contributed by atoms with Gasteiger partial charge in [0.05, 0.1) is 0 Å². The van der Waals surface area contributed by atoms with Gasteiger partial charge in [-0.05, 0) is 18.2 Å². The van der Waals surface area contributed by atoms with E-state index in [0.29, 0.717) is 0 Å². The standard InChI is InChI=1S/C10H4ClF2NO2/c11-9-4-1-2-6(12)8(13)5(4)3-7(14-9)10(15)16/h1-3H,(H,15,16). The van der Waals surface area contributed by atoms with Crippen LogP contribution in [0.3, 0.4) is 0 Å². The van der Waals surface area contributed by atoms with Gasteiger partial charge in [0.1, 0.15) is 5.15 Å². The van der Waals surface area contributed by atoms with Crippen molar-refractivity contribution in [1.82, 2.24) is 4.98 Å². The summed E-state index contributed by atoms with van der Waals surface area (Å²) in [6, 6.07) is 3.10. The molecule has 1 aromatic heterocycles. The summed E-state index contributed by atoms with van der Waals surface area (Å²) in [5.41, 5.74) is -0.429. The van der Waals surface area contributed by atoms with Crippen LogP contribution in [0.5, 0.6) is 0 Å². The van der Waals surface area contributed by atoms with Crippen LogP contribution in [0.2, 0.25) is 5.15 Å². The number of carboxylic acid groups (broad SMARTS) is 1. The second kappa shape index (κ2) is 3.68. The van der Waals surface area contributed by atoms with Gasteiger partial charge in [0.15, 0.2) is 17.3 Å². The minimum atomic E-state index is -1.35. The lowest BCUT2D eigenvalue weighted by molar-refractivity contribution is 0.0690. The van der Waals surface area contributed by atoms with Gasteiger partial charge >= 0.3 is 5.97 Å². The molecular weight excluding hydrogens is 240 g/mol. The molecule has 0 spiro atoms. The summed E-state index contributed by atoms with van der Waals surface area (Å²) in [5, 5.41) is 8.49. The first-order valence-corrected chi connectivity index (χ1v) is 4.56. The zero-order valence-electron chi connectivity index (χ0n) is 7.67. The number of hydrogen-bond acceptors (Lipinski definition) is 2. The molecule has 2 rings (SSSR count). The van der Waals surface area contributed by atoms with Crippen molar-refractivity contribution >= 4 is 28.3 Å². The Bertz CT molecular complexity index is 601.